The van der Waals surface area contributed by atoms with E-state index in [4.69, 9.17) is 14.2 Å². The van der Waals surface area contributed by atoms with Gasteiger partial charge in [0.1, 0.15) is 24.9 Å². The number of ether oxygens (including phenoxy) is 3. The number of morpholine rings is 1. The molecule has 8 nitrogen and oxygen atoms in total. The highest BCUT2D eigenvalue weighted by atomic mass is 16.5. The minimum Gasteiger partial charge on any atom is -0.476 e. The van der Waals surface area contributed by atoms with E-state index in [0.29, 0.717) is 38.9 Å². The van der Waals surface area contributed by atoms with E-state index < -0.39 is 0 Å². The van der Waals surface area contributed by atoms with Gasteiger partial charge in [-0.2, -0.15) is 0 Å². The van der Waals surface area contributed by atoms with E-state index in [9.17, 15) is 4.79 Å². The number of carbonyl (C=O) groups excluding carboxylic acids is 1. The molecule has 1 atom stereocenters. The number of aromatic nitrogens is 2. The van der Waals surface area contributed by atoms with Crippen molar-refractivity contribution in [1.82, 2.24) is 15.3 Å². The first-order valence-corrected chi connectivity index (χ1v) is 8.00. The van der Waals surface area contributed by atoms with Crippen LogP contribution in [0.4, 0.5) is 5.82 Å². The van der Waals surface area contributed by atoms with Crippen LogP contribution in [0.1, 0.15) is 12.8 Å². The molecule has 2 aliphatic rings. The maximum Gasteiger partial charge on any atom is 0.249 e. The lowest BCUT2D eigenvalue weighted by molar-refractivity contribution is -0.130. The van der Waals surface area contributed by atoms with E-state index in [2.05, 4.69) is 20.2 Å². The zero-order valence-electron chi connectivity index (χ0n) is 13.1. The first-order valence-electron chi connectivity index (χ1n) is 8.00. The monoisotopic (exact) mass is 322 g/mol. The number of nitrogens with zero attached hydrogens (tertiary/aromatic N) is 3. The molecule has 2 saturated heterocycles. The molecule has 8 heteroatoms. The number of anilines is 1. The molecule has 0 aromatic carbocycles. The maximum atomic E-state index is 11.8. The van der Waals surface area contributed by atoms with Gasteiger partial charge >= 0.3 is 0 Å². The summed E-state index contributed by atoms with van der Waals surface area (Å²) in [4.78, 5) is 22.3. The molecule has 3 rings (SSSR count). The zero-order valence-corrected chi connectivity index (χ0v) is 13.1. The van der Waals surface area contributed by atoms with Gasteiger partial charge in [0.05, 0.1) is 19.8 Å². The van der Waals surface area contributed by atoms with Crippen LogP contribution in [-0.4, -0.2) is 68.0 Å². The molecular formula is C15H22N4O4. The lowest BCUT2D eigenvalue weighted by Gasteiger charge is -2.27. The van der Waals surface area contributed by atoms with E-state index >= 15 is 0 Å². The Labute approximate surface area is 135 Å². The van der Waals surface area contributed by atoms with Crippen LogP contribution in [-0.2, 0) is 14.3 Å². The van der Waals surface area contributed by atoms with Crippen LogP contribution in [0.5, 0.6) is 5.88 Å². The van der Waals surface area contributed by atoms with Crippen LogP contribution in [0.15, 0.2) is 12.4 Å². The van der Waals surface area contributed by atoms with E-state index in [0.717, 1.165) is 31.7 Å². The summed E-state index contributed by atoms with van der Waals surface area (Å²) in [5, 5.41) is 2.81. The van der Waals surface area contributed by atoms with Gasteiger partial charge in [-0.3, -0.25) is 4.79 Å². The molecule has 1 N–H and O–H groups in total. The van der Waals surface area contributed by atoms with Gasteiger partial charge in [-0.05, 0) is 12.8 Å². The molecule has 126 valence electrons. The molecule has 0 unspecified atom stereocenters. The molecule has 2 aliphatic heterocycles. The molecule has 23 heavy (non-hydrogen) atoms. The van der Waals surface area contributed by atoms with Crippen LogP contribution in [0.2, 0.25) is 0 Å². The average molecular weight is 322 g/mol. The van der Waals surface area contributed by atoms with Crippen LogP contribution in [0.25, 0.3) is 0 Å². The van der Waals surface area contributed by atoms with Gasteiger partial charge in [0, 0.05) is 25.8 Å². The first-order chi connectivity index (χ1) is 11.3. The van der Waals surface area contributed by atoms with Crippen molar-refractivity contribution in [3.8, 4) is 5.88 Å². The van der Waals surface area contributed by atoms with Crippen LogP contribution in [0.3, 0.4) is 0 Å². The molecule has 1 aromatic heterocycles. The Kier molecular flexibility index (Phi) is 5.60. The summed E-state index contributed by atoms with van der Waals surface area (Å²) in [6.45, 7) is 4.49. The first kappa shape index (κ1) is 15.9. The molecule has 0 aliphatic carbocycles. The third-order valence-corrected chi connectivity index (χ3v) is 3.84. The fourth-order valence-electron chi connectivity index (χ4n) is 2.60. The Hall–Kier alpha value is -1.93. The third-order valence-electron chi connectivity index (χ3n) is 3.84. The highest BCUT2D eigenvalue weighted by molar-refractivity contribution is 5.80. The van der Waals surface area contributed by atoms with E-state index in [1.807, 2.05) is 6.07 Å². The largest absolute Gasteiger partial charge is 0.476 e. The average Bonchev–Trinajstić information content (AvgIpc) is 3.14. The molecule has 0 saturated carbocycles. The minimum atomic E-state index is -0.304. The number of amides is 1. The summed E-state index contributed by atoms with van der Waals surface area (Å²) in [6, 6.07) is 1.81. The number of hydrogen-bond acceptors (Lipinski definition) is 7. The Morgan fingerprint density at radius 1 is 1.35 bits per heavy atom. The Balaban J connectivity index is 1.42. The van der Waals surface area contributed by atoms with Crippen molar-refractivity contribution in [2.45, 2.75) is 18.9 Å². The Bertz CT molecular complexity index is 516. The summed E-state index contributed by atoms with van der Waals surface area (Å²) in [6.07, 6.45) is 2.92. The second-order valence-corrected chi connectivity index (χ2v) is 5.46. The molecule has 3 heterocycles. The molecule has 0 bridgehead atoms. The number of rotatable bonds is 6. The van der Waals surface area contributed by atoms with Gasteiger partial charge < -0.3 is 24.4 Å². The van der Waals surface area contributed by atoms with Crippen molar-refractivity contribution in [2.24, 2.45) is 0 Å². The van der Waals surface area contributed by atoms with Crippen molar-refractivity contribution >= 4 is 11.7 Å². The van der Waals surface area contributed by atoms with Gasteiger partial charge in [-0.25, -0.2) is 9.97 Å². The van der Waals surface area contributed by atoms with Crippen molar-refractivity contribution in [3.63, 3.8) is 0 Å². The molecular weight excluding hydrogens is 300 g/mol. The van der Waals surface area contributed by atoms with Gasteiger partial charge in [-0.15, -0.1) is 0 Å². The SMILES string of the molecule is O=C(NCCOc1cc(N2CCOCC2)ncn1)[C@H]1CCCO1. The topological polar surface area (TPSA) is 85.8 Å². The molecule has 1 aromatic rings. The quantitative estimate of drug-likeness (QED) is 0.737. The fourth-order valence-corrected chi connectivity index (χ4v) is 2.60. The van der Waals surface area contributed by atoms with E-state index in [1.54, 1.807) is 0 Å². The van der Waals surface area contributed by atoms with Crippen LogP contribution < -0.4 is 15.0 Å². The fraction of sp³-hybridized carbons (Fsp3) is 0.667. The molecule has 0 spiro atoms. The molecule has 1 amide bonds. The minimum absolute atomic E-state index is 0.0669. The van der Waals surface area contributed by atoms with Gasteiger partial charge in [-0.1, -0.05) is 0 Å². The second kappa shape index (κ2) is 8.07. The van der Waals surface area contributed by atoms with E-state index in [-0.39, 0.29) is 12.0 Å². The normalized spacial score (nSPS) is 21.2. The van der Waals surface area contributed by atoms with Crippen LogP contribution >= 0.6 is 0 Å². The molecule has 2 fully saturated rings. The van der Waals surface area contributed by atoms with Crippen molar-refractivity contribution in [3.05, 3.63) is 12.4 Å². The Morgan fingerprint density at radius 2 is 2.22 bits per heavy atom. The smallest absolute Gasteiger partial charge is 0.249 e. The number of carbonyl (C=O) groups is 1. The summed E-state index contributed by atoms with van der Waals surface area (Å²) >= 11 is 0. The summed E-state index contributed by atoms with van der Waals surface area (Å²) in [5.41, 5.74) is 0. The lowest BCUT2D eigenvalue weighted by Crippen LogP contribution is -2.37. The number of nitrogens with one attached hydrogen (secondary N) is 1. The van der Waals surface area contributed by atoms with Gasteiger partial charge in [0.2, 0.25) is 11.8 Å². The van der Waals surface area contributed by atoms with Crippen molar-refractivity contribution in [2.75, 3.05) is 51.0 Å². The highest BCUT2D eigenvalue weighted by Gasteiger charge is 2.22. The van der Waals surface area contributed by atoms with Crippen molar-refractivity contribution in [1.29, 1.82) is 0 Å². The maximum absolute atomic E-state index is 11.8. The van der Waals surface area contributed by atoms with Crippen LogP contribution in [0, 0.1) is 0 Å². The van der Waals surface area contributed by atoms with Gasteiger partial charge in [0.25, 0.3) is 0 Å². The van der Waals surface area contributed by atoms with Crippen molar-refractivity contribution < 1.29 is 19.0 Å². The third kappa shape index (κ3) is 4.52. The summed E-state index contributed by atoms with van der Waals surface area (Å²) in [7, 11) is 0. The lowest BCUT2D eigenvalue weighted by atomic mass is 10.2. The Morgan fingerprint density at radius 3 is 3.00 bits per heavy atom. The van der Waals surface area contributed by atoms with Gasteiger partial charge in [0.15, 0.2) is 0 Å². The highest BCUT2D eigenvalue weighted by Crippen LogP contribution is 2.16. The standard InChI is InChI=1S/C15H22N4O4/c20-15(12-2-1-6-22-12)16-3-7-23-14-10-13(17-11-18-14)19-4-8-21-9-5-19/h10-12H,1-9H2,(H,16,20)/t12-/m1/s1. The summed E-state index contributed by atoms with van der Waals surface area (Å²) < 4.78 is 16.2. The number of hydrogen-bond donors (Lipinski definition) is 1. The summed E-state index contributed by atoms with van der Waals surface area (Å²) in [5.74, 6) is 1.28. The zero-order chi connectivity index (χ0) is 15.9. The second-order valence-electron chi connectivity index (χ2n) is 5.46. The van der Waals surface area contributed by atoms with E-state index in [1.165, 1.54) is 6.33 Å². The molecule has 0 radical (unpaired) electrons. The predicted octanol–water partition coefficient (Wildman–Crippen LogP) is -0.0128. The predicted molar refractivity (Wildman–Crippen MR) is 82.5 cm³/mol.